The Morgan fingerprint density at radius 1 is 0.444 bits per heavy atom. The van der Waals surface area contributed by atoms with Crippen molar-refractivity contribution < 1.29 is 0 Å². The van der Waals surface area contributed by atoms with Gasteiger partial charge in [-0.25, -0.2) is 0 Å². The molecule has 0 aliphatic heterocycles. The minimum Gasteiger partial charge on any atom is -0.0602 e. The molecule has 0 amide bonds. The van der Waals surface area contributed by atoms with E-state index in [0.717, 1.165) is 0 Å². The third-order valence-corrected chi connectivity index (χ3v) is 4.66. The van der Waals surface area contributed by atoms with Gasteiger partial charge in [0.15, 0.2) is 0 Å². The lowest BCUT2D eigenvalue weighted by Crippen LogP contribution is -2.34. The van der Waals surface area contributed by atoms with Crippen LogP contribution in [0.1, 0.15) is 94.9 Å². The molecule has 0 atom stereocenters. The maximum absolute atomic E-state index is 2.50. The summed E-state index contributed by atoms with van der Waals surface area (Å²) >= 11 is 0. The van der Waals surface area contributed by atoms with Crippen LogP contribution in [-0.2, 0) is 0 Å². The summed E-state index contributed by atoms with van der Waals surface area (Å²) in [5.74, 6) is 0. The van der Waals surface area contributed by atoms with Gasteiger partial charge in [-0.3, -0.25) is 0 Å². The molecule has 0 aromatic rings. The molecule has 0 heterocycles. The molecule has 0 aliphatic rings. The third kappa shape index (κ3) is 6.81. The number of hydrogen-bond donors (Lipinski definition) is 0. The van der Waals surface area contributed by atoms with Gasteiger partial charge in [-0.05, 0) is 47.3 Å². The molecule has 0 spiro atoms. The Morgan fingerprint density at radius 2 is 0.722 bits per heavy atom. The molecule has 0 unspecified atom stereocenters. The Balaban J connectivity index is 4.76. The van der Waals surface area contributed by atoms with E-state index in [4.69, 9.17) is 0 Å². The van der Waals surface area contributed by atoms with Crippen LogP contribution in [0.15, 0.2) is 0 Å². The van der Waals surface area contributed by atoms with Crippen molar-refractivity contribution in [2.24, 2.45) is 21.7 Å². The second-order valence-electron chi connectivity index (χ2n) is 9.93. The summed E-state index contributed by atoms with van der Waals surface area (Å²) in [5.41, 5.74) is 1.75. The van der Waals surface area contributed by atoms with Crippen molar-refractivity contribution in [2.75, 3.05) is 0 Å². The van der Waals surface area contributed by atoms with Crippen LogP contribution in [0.2, 0.25) is 0 Å². The monoisotopic (exact) mass is 254 g/mol. The Morgan fingerprint density at radius 3 is 0.889 bits per heavy atom. The molecule has 0 radical (unpaired) electrons. The van der Waals surface area contributed by atoms with Gasteiger partial charge in [0.25, 0.3) is 0 Å². The van der Waals surface area contributed by atoms with E-state index in [1.807, 2.05) is 0 Å². The summed E-state index contributed by atoms with van der Waals surface area (Å²) in [6, 6.07) is 0. The summed E-state index contributed by atoms with van der Waals surface area (Å²) in [7, 11) is 0. The summed E-state index contributed by atoms with van der Waals surface area (Å²) in [6.45, 7) is 23.9. The molecule has 0 aromatic heterocycles. The Kier molecular flexibility index (Phi) is 5.55. The lowest BCUT2D eigenvalue weighted by molar-refractivity contribution is 0.0565. The van der Waals surface area contributed by atoms with Crippen molar-refractivity contribution in [3.63, 3.8) is 0 Å². The van der Waals surface area contributed by atoms with Crippen LogP contribution in [0.3, 0.4) is 0 Å². The predicted octanol–water partition coefficient (Wildman–Crippen LogP) is 6.69. The molecule has 0 heteroatoms. The lowest BCUT2D eigenvalue weighted by atomic mass is 9.60. The van der Waals surface area contributed by atoms with E-state index in [1.54, 1.807) is 0 Å². The highest BCUT2D eigenvalue weighted by Crippen LogP contribution is 2.48. The zero-order valence-electron chi connectivity index (χ0n) is 14.8. The van der Waals surface area contributed by atoms with Gasteiger partial charge in [-0.1, -0.05) is 69.2 Å². The first kappa shape index (κ1) is 18.0. The van der Waals surface area contributed by atoms with Crippen LogP contribution in [0.5, 0.6) is 0 Å². The van der Waals surface area contributed by atoms with Crippen molar-refractivity contribution in [2.45, 2.75) is 94.9 Å². The second kappa shape index (κ2) is 5.55. The molecular weight excluding hydrogens is 216 g/mol. The highest BCUT2D eigenvalue weighted by Gasteiger charge is 2.38. The highest BCUT2D eigenvalue weighted by molar-refractivity contribution is 4.88. The smallest absolute Gasteiger partial charge is 0.0277 e. The Bertz CT molecular complexity index is 221. The molecule has 0 rings (SSSR count). The highest BCUT2D eigenvalue weighted by atomic mass is 14.4. The van der Waals surface area contributed by atoms with E-state index >= 15 is 0 Å². The first-order valence-electron chi connectivity index (χ1n) is 7.66. The molecule has 0 saturated heterocycles. The first-order chi connectivity index (χ1) is 7.66. The van der Waals surface area contributed by atoms with Crippen molar-refractivity contribution >= 4 is 0 Å². The topological polar surface area (TPSA) is 0 Å². The van der Waals surface area contributed by atoms with E-state index in [-0.39, 0.29) is 0 Å². The van der Waals surface area contributed by atoms with Gasteiger partial charge in [0.1, 0.15) is 0 Å². The average molecular weight is 255 g/mol. The third-order valence-electron chi connectivity index (χ3n) is 4.66. The molecule has 0 aromatic carbocycles. The van der Waals surface area contributed by atoms with Gasteiger partial charge >= 0.3 is 0 Å². The number of hydrogen-bond acceptors (Lipinski definition) is 0. The SMILES string of the molecule is CC(C)(C)CCC(C)(CCC(C)(C)C)C(C)(C)C. The molecule has 0 N–H and O–H groups in total. The molecule has 18 heavy (non-hydrogen) atoms. The molecule has 0 saturated carbocycles. The molecule has 0 aliphatic carbocycles. The zero-order valence-corrected chi connectivity index (χ0v) is 14.8. The summed E-state index contributed by atoms with van der Waals surface area (Å²) in [6.07, 6.45) is 5.34. The van der Waals surface area contributed by atoms with Crippen LogP contribution in [0.4, 0.5) is 0 Å². The standard InChI is InChI=1S/C18H38/c1-15(2,3)11-13-18(10,17(7,8)9)14-12-16(4,5)6/h11-14H2,1-10H3. The molecule has 0 bridgehead atoms. The van der Waals surface area contributed by atoms with Gasteiger partial charge in [-0.2, -0.15) is 0 Å². The molecular formula is C18H38. The summed E-state index contributed by atoms with van der Waals surface area (Å²) in [5, 5.41) is 0. The largest absolute Gasteiger partial charge is 0.0602 e. The average Bonchev–Trinajstić information content (AvgIpc) is 2.07. The van der Waals surface area contributed by atoms with Gasteiger partial charge < -0.3 is 0 Å². The second-order valence-corrected chi connectivity index (χ2v) is 9.93. The van der Waals surface area contributed by atoms with Crippen LogP contribution in [0.25, 0.3) is 0 Å². The van der Waals surface area contributed by atoms with Crippen molar-refractivity contribution in [1.82, 2.24) is 0 Å². The minimum atomic E-state index is 0.392. The normalized spacial score (nSPS) is 15.0. The Hall–Kier alpha value is 0. The van der Waals surface area contributed by atoms with Gasteiger partial charge in [0, 0.05) is 0 Å². The maximum atomic E-state index is 2.50. The quantitative estimate of drug-likeness (QED) is 0.524. The molecule has 0 nitrogen and oxygen atoms in total. The summed E-state index contributed by atoms with van der Waals surface area (Å²) in [4.78, 5) is 0. The van der Waals surface area contributed by atoms with Gasteiger partial charge in [-0.15, -0.1) is 0 Å². The van der Waals surface area contributed by atoms with Crippen LogP contribution < -0.4 is 0 Å². The Labute approximate surface area is 117 Å². The zero-order chi connectivity index (χ0) is 14.8. The van der Waals surface area contributed by atoms with E-state index in [9.17, 15) is 0 Å². The lowest BCUT2D eigenvalue weighted by Gasteiger charge is -2.45. The predicted molar refractivity (Wildman–Crippen MR) is 84.9 cm³/mol. The van der Waals surface area contributed by atoms with Crippen LogP contribution >= 0.6 is 0 Å². The van der Waals surface area contributed by atoms with Gasteiger partial charge in [0.2, 0.25) is 0 Å². The number of rotatable bonds is 4. The van der Waals surface area contributed by atoms with E-state index in [2.05, 4.69) is 69.2 Å². The van der Waals surface area contributed by atoms with Crippen LogP contribution in [0, 0.1) is 21.7 Å². The van der Waals surface area contributed by atoms with Crippen molar-refractivity contribution in [3.05, 3.63) is 0 Å². The fraction of sp³-hybridized carbons (Fsp3) is 1.00. The molecule has 0 fully saturated rings. The van der Waals surface area contributed by atoms with E-state index < -0.39 is 0 Å². The minimum absolute atomic E-state index is 0.392. The van der Waals surface area contributed by atoms with Gasteiger partial charge in [0.05, 0.1) is 0 Å². The summed E-state index contributed by atoms with van der Waals surface area (Å²) < 4.78 is 0. The first-order valence-corrected chi connectivity index (χ1v) is 7.66. The van der Waals surface area contributed by atoms with E-state index in [0.29, 0.717) is 21.7 Å². The fourth-order valence-electron chi connectivity index (χ4n) is 2.18. The van der Waals surface area contributed by atoms with Crippen molar-refractivity contribution in [1.29, 1.82) is 0 Å². The fourth-order valence-corrected chi connectivity index (χ4v) is 2.18. The molecule has 110 valence electrons. The maximum Gasteiger partial charge on any atom is -0.0277 e. The van der Waals surface area contributed by atoms with Crippen LogP contribution in [-0.4, -0.2) is 0 Å². The van der Waals surface area contributed by atoms with Crippen molar-refractivity contribution in [3.8, 4) is 0 Å². The van der Waals surface area contributed by atoms with E-state index in [1.165, 1.54) is 25.7 Å².